The van der Waals surface area contributed by atoms with E-state index in [1.54, 1.807) is 18.5 Å². The number of pyridine rings is 1. The number of nitro groups is 1. The number of benzene rings is 1. The van der Waals surface area contributed by atoms with E-state index < -0.39 is 11.0 Å². The molecule has 0 spiro atoms. The molecule has 1 aromatic carbocycles. The van der Waals surface area contributed by atoms with Crippen molar-refractivity contribution >= 4 is 5.69 Å². The van der Waals surface area contributed by atoms with Crippen molar-refractivity contribution in [3.05, 3.63) is 64.0 Å². The Kier molecular flexibility index (Phi) is 4.27. The minimum absolute atomic E-state index is 0.0744. The van der Waals surface area contributed by atoms with E-state index in [-0.39, 0.29) is 12.3 Å². The van der Waals surface area contributed by atoms with Crippen molar-refractivity contribution < 1.29 is 14.8 Å². The standard InChI is InChI=1S/C14H14N2O4/c1-10(17)13-7-12(16(18)19)4-5-14(13)20-9-11-3-2-6-15-8-11/h2-8,10,17H,9H2,1H3/t10-/m1/s1. The van der Waals surface area contributed by atoms with Gasteiger partial charge in [0, 0.05) is 35.7 Å². The Balaban J connectivity index is 2.20. The lowest BCUT2D eigenvalue weighted by molar-refractivity contribution is -0.385. The SMILES string of the molecule is C[C@@H](O)c1cc([N+](=O)[O-])ccc1OCc1cccnc1. The molecule has 0 saturated carbocycles. The molecule has 2 rings (SSSR count). The van der Waals surface area contributed by atoms with E-state index in [2.05, 4.69) is 4.98 Å². The van der Waals surface area contributed by atoms with Crippen LogP contribution in [0.2, 0.25) is 0 Å². The van der Waals surface area contributed by atoms with Crippen LogP contribution in [0.15, 0.2) is 42.7 Å². The van der Waals surface area contributed by atoms with Crippen LogP contribution in [0.25, 0.3) is 0 Å². The number of nitrogens with zero attached hydrogens (tertiary/aromatic N) is 2. The van der Waals surface area contributed by atoms with Gasteiger partial charge in [-0.15, -0.1) is 0 Å². The number of aliphatic hydroxyl groups excluding tert-OH is 1. The van der Waals surface area contributed by atoms with Crippen LogP contribution in [0.5, 0.6) is 5.75 Å². The molecule has 0 bridgehead atoms. The van der Waals surface area contributed by atoms with Gasteiger partial charge >= 0.3 is 0 Å². The number of ether oxygens (including phenoxy) is 1. The third-order valence-corrected chi connectivity index (χ3v) is 2.77. The lowest BCUT2D eigenvalue weighted by Crippen LogP contribution is -2.02. The second kappa shape index (κ2) is 6.12. The number of aliphatic hydroxyl groups is 1. The van der Waals surface area contributed by atoms with Crippen LogP contribution >= 0.6 is 0 Å². The summed E-state index contributed by atoms with van der Waals surface area (Å²) in [7, 11) is 0. The van der Waals surface area contributed by atoms with Gasteiger partial charge < -0.3 is 9.84 Å². The number of nitro benzene ring substituents is 1. The van der Waals surface area contributed by atoms with Crippen LogP contribution in [-0.2, 0) is 6.61 Å². The van der Waals surface area contributed by atoms with Crippen LogP contribution in [0.3, 0.4) is 0 Å². The molecule has 0 amide bonds. The summed E-state index contributed by atoms with van der Waals surface area (Å²) in [4.78, 5) is 14.2. The van der Waals surface area contributed by atoms with Gasteiger partial charge in [0.1, 0.15) is 12.4 Å². The molecular formula is C14H14N2O4. The summed E-state index contributed by atoms with van der Waals surface area (Å²) in [6.45, 7) is 1.82. The fourth-order valence-electron chi connectivity index (χ4n) is 1.75. The van der Waals surface area contributed by atoms with Crippen LogP contribution in [-0.4, -0.2) is 15.0 Å². The molecule has 1 atom stereocenters. The lowest BCUT2D eigenvalue weighted by Gasteiger charge is -2.13. The van der Waals surface area contributed by atoms with E-state index in [1.165, 1.54) is 25.1 Å². The molecule has 104 valence electrons. The van der Waals surface area contributed by atoms with E-state index in [0.29, 0.717) is 11.3 Å². The van der Waals surface area contributed by atoms with E-state index in [4.69, 9.17) is 4.74 Å². The Bertz CT molecular complexity index is 599. The predicted octanol–water partition coefficient (Wildman–Crippen LogP) is 2.62. The van der Waals surface area contributed by atoms with Gasteiger partial charge in [-0.3, -0.25) is 15.1 Å². The zero-order valence-electron chi connectivity index (χ0n) is 10.9. The molecule has 2 aromatic rings. The quantitative estimate of drug-likeness (QED) is 0.669. The molecular weight excluding hydrogens is 260 g/mol. The zero-order valence-corrected chi connectivity index (χ0v) is 10.9. The first-order valence-electron chi connectivity index (χ1n) is 6.06. The first-order chi connectivity index (χ1) is 9.58. The third-order valence-electron chi connectivity index (χ3n) is 2.77. The first kappa shape index (κ1) is 14.0. The van der Waals surface area contributed by atoms with Gasteiger partial charge in [0.25, 0.3) is 5.69 Å². The molecule has 6 heteroatoms. The molecule has 20 heavy (non-hydrogen) atoms. The fraction of sp³-hybridized carbons (Fsp3) is 0.214. The summed E-state index contributed by atoms with van der Waals surface area (Å²) in [5.74, 6) is 0.425. The normalized spacial score (nSPS) is 11.9. The Morgan fingerprint density at radius 2 is 2.25 bits per heavy atom. The van der Waals surface area contributed by atoms with Crippen molar-refractivity contribution in [2.24, 2.45) is 0 Å². The van der Waals surface area contributed by atoms with Crippen molar-refractivity contribution in [3.8, 4) is 5.75 Å². The van der Waals surface area contributed by atoms with E-state index >= 15 is 0 Å². The molecule has 0 unspecified atom stereocenters. The van der Waals surface area contributed by atoms with Crippen LogP contribution < -0.4 is 4.74 Å². The molecule has 0 aliphatic rings. The lowest BCUT2D eigenvalue weighted by atomic mass is 10.1. The maximum absolute atomic E-state index is 10.7. The fourth-order valence-corrected chi connectivity index (χ4v) is 1.75. The van der Waals surface area contributed by atoms with E-state index in [0.717, 1.165) is 5.56 Å². The van der Waals surface area contributed by atoms with Gasteiger partial charge in [-0.1, -0.05) is 6.07 Å². The molecule has 0 aliphatic carbocycles. The van der Waals surface area contributed by atoms with Crippen molar-refractivity contribution in [2.75, 3.05) is 0 Å². The Hall–Kier alpha value is -2.47. The van der Waals surface area contributed by atoms with Gasteiger partial charge in [-0.25, -0.2) is 0 Å². The second-order valence-corrected chi connectivity index (χ2v) is 4.31. The van der Waals surface area contributed by atoms with Crippen molar-refractivity contribution in [3.63, 3.8) is 0 Å². The number of aromatic nitrogens is 1. The van der Waals surface area contributed by atoms with Crippen molar-refractivity contribution in [1.82, 2.24) is 4.98 Å². The van der Waals surface area contributed by atoms with Crippen molar-refractivity contribution in [1.29, 1.82) is 0 Å². The topological polar surface area (TPSA) is 85.5 Å². The summed E-state index contributed by atoms with van der Waals surface area (Å²) in [6, 6.07) is 7.83. The van der Waals surface area contributed by atoms with Crippen LogP contribution in [0, 0.1) is 10.1 Å². The Morgan fingerprint density at radius 3 is 2.85 bits per heavy atom. The molecule has 6 nitrogen and oxygen atoms in total. The summed E-state index contributed by atoms with van der Waals surface area (Å²) in [6.07, 6.45) is 2.49. The number of hydrogen-bond donors (Lipinski definition) is 1. The highest BCUT2D eigenvalue weighted by molar-refractivity contribution is 5.44. The monoisotopic (exact) mass is 274 g/mol. The maximum Gasteiger partial charge on any atom is 0.270 e. The van der Waals surface area contributed by atoms with Crippen LogP contribution in [0.4, 0.5) is 5.69 Å². The average Bonchev–Trinajstić information content (AvgIpc) is 2.45. The van der Waals surface area contributed by atoms with Gasteiger partial charge in [-0.2, -0.15) is 0 Å². The summed E-state index contributed by atoms with van der Waals surface area (Å²) < 4.78 is 5.60. The summed E-state index contributed by atoms with van der Waals surface area (Å²) in [5, 5.41) is 20.4. The number of rotatable bonds is 5. The maximum atomic E-state index is 10.7. The molecule has 0 saturated heterocycles. The smallest absolute Gasteiger partial charge is 0.270 e. The van der Waals surface area contributed by atoms with Crippen molar-refractivity contribution in [2.45, 2.75) is 19.6 Å². The molecule has 0 fully saturated rings. The van der Waals surface area contributed by atoms with Gasteiger partial charge in [0.05, 0.1) is 11.0 Å². The second-order valence-electron chi connectivity index (χ2n) is 4.31. The molecule has 0 aliphatic heterocycles. The largest absolute Gasteiger partial charge is 0.488 e. The molecule has 0 radical (unpaired) electrons. The number of non-ortho nitro benzene ring substituents is 1. The molecule has 1 aromatic heterocycles. The minimum atomic E-state index is -0.848. The minimum Gasteiger partial charge on any atom is -0.488 e. The molecule has 1 N–H and O–H groups in total. The van der Waals surface area contributed by atoms with Gasteiger partial charge in [0.2, 0.25) is 0 Å². The Labute approximate surface area is 115 Å². The van der Waals surface area contributed by atoms with Crippen LogP contribution in [0.1, 0.15) is 24.2 Å². The number of hydrogen-bond acceptors (Lipinski definition) is 5. The first-order valence-corrected chi connectivity index (χ1v) is 6.06. The van der Waals surface area contributed by atoms with E-state index in [9.17, 15) is 15.2 Å². The van der Waals surface area contributed by atoms with E-state index in [1.807, 2.05) is 6.07 Å². The van der Waals surface area contributed by atoms with Gasteiger partial charge in [0.15, 0.2) is 0 Å². The van der Waals surface area contributed by atoms with Gasteiger partial charge in [-0.05, 0) is 19.1 Å². The zero-order chi connectivity index (χ0) is 14.5. The molecule has 1 heterocycles. The average molecular weight is 274 g/mol. The summed E-state index contributed by atoms with van der Waals surface area (Å²) in [5.41, 5.74) is 1.19. The highest BCUT2D eigenvalue weighted by Gasteiger charge is 2.15. The predicted molar refractivity (Wildman–Crippen MR) is 72.3 cm³/mol. The Morgan fingerprint density at radius 1 is 1.45 bits per heavy atom. The highest BCUT2D eigenvalue weighted by Crippen LogP contribution is 2.29. The third kappa shape index (κ3) is 3.30. The summed E-state index contributed by atoms with van der Waals surface area (Å²) >= 11 is 0. The highest BCUT2D eigenvalue weighted by atomic mass is 16.6.